The van der Waals surface area contributed by atoms with E-state index in [0.717, 1.165) is 0 Å². The Bertz CT molecular complexity index is 640. The van der Waals surface area contributed by atoms with Crippen molar-refractivity contribution < 1.29 is 95.1 Å². The number of rotatable bonds is 8. The molecule has 1 rings (SSSR count). The smallest absolute Gasteiger partial charge is 0.339 e. The van der Waals surface area contributed by atoms with Gasteiger partial charge in [0.05, 0.1) is 0 Å². The van der Waals surface area contributed by atoms with Gasteiger partial charge in [0.2, 0.25) is 0 Å². The Labute approximate surface area is 221 Å². The molecule has 1 aliphatic rings. The average molecular weight is 711 g/mol. The molecule has 0 bridgehead atoms. The minimum atomic E-state index is -4.98. The van der Waals surface area contributed by atoms with Crippen LogP contribution < -0.4 is 9.79 Å². The third-order valence-corrected chi connectivity index (χ3v) is 7.51. The van der Waals surface area contributed by atoms with Gasteiger partial charge in [-0.05, 0) is 0 Å². The molecule has 1 saturated heterocycles. The van der Waals surface area contributed by atoms with Crippen molar-refractivity contribution in [3.63, 3.8) is 0 Å². The maximum absolute atomic E-state index is 11.5. The van der Waals surface area contributed by atoms with Gasteiger partial charge in [-0.2, -0.15) is 0 Å². The van der Waals surface area contributed by atoms with Crippen LogP contribution in [-0.2, 0) is 18.3 Å². The zero-order valence-corrected chi connectivity index (χ0v) is 23.0. The first kappa shape index (κ1) is 34.7. The molecule has 1 fully saturated rings. The molecular formula is C12H30HoN4O12P4-2. The van der Waals surface area contributed by atoms with E-state index in [9.17, 15) is 57.4 Å². The number of hydrogen-bond donors (Lipinski definition) is 6. The monoisotopic (exact) mass is 711 g/mol. The van der Waals surface area contributed by atoms with Gasteiger partial charge in [-0.25, -0.2) is 0 Å². The van der Waals surface area contributed by atoms with E-state index < -0.39 is 55.5 Å². The van der Waals surface area contributed by atoms with Crippen LogP contribution >= 0.6 is 30.4 Å². The van der Waals surface area contributed by atoms with Gasteiger partial charge in [-0.1, -0.05) is 7.60 Å². The summed E-state index contributed by atoms with van der Waals surface area (Å²) in [6.45, 7) is -0.436. The Hall–Kier alpha value is 1.70. The van der Waals surface area contributed by atoms with Crippen molar-refractivity contribution in [3.8, 4) is 0 Å². The SMILES string of the molecule is O=P([O-])([O-])CN1CCN(CP(=O)(O)O)CCN(CP(=O)(O)O)CCN(CP(=O)(O)O)CC1.[Ho]. The van der Waals surface area contributed by atoms with E-state index in [1.807, 2.05) is 0 Å². The maximum Gasteiger partial charge on any atom is 0.339 e. The minimum absolute atomic E-state index is 0. The largest absolute Gasteiger partial charge is 0.810 e. The van der Waals surface area contributed by atoms with Crippen LogP contribution in [0.15, 0.2) is 0 Å². The van der Waals surface area contributed by atoms with Gasteiger partial charge >= 0.3 is 22.8 Å². The Morgan fingerprint density at radius 2 is 0.667 bits per heavy atom. The van der Waals surface area contributed by atoms with Crippen molar-refractivity contribution >= 4 is 30.4 Å². The standard InChI is InChI=1S/C12H32N4O12P4.Ho/c17-29(18,19)9-13-1-2-14(10-30(20,21)22)5-6-16(12-32(26,27)28)8-7-15(4-3-13)11-31(23,24)25;/h1-12H2,(H2,17,18,19)(H2,20,21,22)(H2,23,24,25)(H2,26,27,28);/p-2. The van der Waals surface area contributed by atoms with Crippen LogP contribution in [0, 0.1) is 37.7 Å². The number of nitrogens with zero attached hydrogens (tertiary/aromatic N) is 4. The molecule has 16 nitrogen and oxygen atoms in total. The van der Waals surface area contributed by atoms with Crippen molar-refractivity contribution in [1.82, 2.24) is 19.6 Å². The molecule has 0 aromatic carbocycles. The van der Waals surface area contributed by atoms with Crippen LogP contribution in [0.2, 0.25) is 0 Å². The molecule has 21 heteroatoms. The Balaban J connectivity index is 0.0000102. The normalized spacial score (nSPS) is 20.6. The predicted molar refractivity (Wildman–Crippen MR) is 109 cm³/mol. The van der Waals surface area contributed by atoms with Crippen LogP contribution in [0.5, 0.6) is 0 Å². The maximum atomic E-state index is 11.5. The number of hydrogen-bond acceptors (Lipinski definition) is 10. The zero-order valence-electron chi connectivity index (χ0n) is 17.5. The zero-order chi connectivity index (χ0) is 24.8. The van der Waals surface area contributed by atoms with E-state index in [2.05, 4.69) is 0 Å². The van der Waals surface area contributed by atoms with Crippen molar-refractivity contribution in [3.05, 3.63) is 0 Å². The topological polar surface area (TPSA) is 249 Å². The molecule has 0 aromatic heterocycles. The van der Waals surface area contributed by atoms with E-state index in [1.165, 1.54) is 19.6 Å². The van der Waals surface area contributed by atoms with Crippen LogP contribution in [0.4, 0.5) is 0 Å². The summed E-state index contributed by atoms with van der Waals surface area (Å²) in [5.41, 5.74) is 0. The second-order valence-electron chi connectivity index (χ2n) is 7.64. The van der Waals surface area contributed by atoms with Crippen LogP contribution in [-0.4, -0.2) is 126 Å². The van der Waals surface area contributed by atoms with Gasteiger partial charge in [-0.3, -0.25) is 33.3 Å². The summed E-state index contributed by atoms with van der Waals surface area (Å²) in [6.07, 6.45) is -2.89. The van der Waals surface area contributed by atoms with Crippen molar-refractivity contribution in [1.29, 1.82) is 0 Å². The molecule has 203 valence electrons. The van der Waals surface area contributed by atoms with Gasteiger partial charge in [0.1, 0.15) is 18.9 Å². The molecule has 6 N–H and O–H groups in total. The first-order chi connectivity index (χ1) is 14.3. The molecule has 0 aromatic rings. The fourth-order valence-electron chi connectivity index (χ4n) is 3.17. The van der Waals surface area contributed by atoms with Crippen molar-refractivity contribution in [2.75, 3.05) is 77.5 Å². The summed E-state index contributed by atoms with van der Waals surface area (Å²) in [6, 6.07) is 0. The molecule has 1 aliphatic heterocycles. The molecule has 0 saturated carbocycles. The van der Waals surface area contributed by atoms with E-state index >= 15 is 0 Å². The Morgan fingerprint density at radius 3 is 0.818 bits per heavy atom. The van der Waals surface area contributed by atoms with Gasteiger partial charge in [0.25, 0.3) is 0 Å². The van der Waals surface area contributed by atoms with Gasteiger partial charge in [0.15, 0.2) is 0 Å². The second kappa shape index (κ2) is 14.6. The molecule has 0 unspecified atom stereocenters. The second-order valence-corrected chi connectivity index (χ2v) is 14.0. The summed E-state index contributed by atoms with van der Waals surface area (Å²) < 4.78 is 45.6. The third kappa shape index (κ3) is 19.5. The summed E-state index contributed by atoms with van der Waals surface area (Å²) in [5.74, 6) is 0. The summed E-state index contributed by atoms with van der Waals surface area (Å²) in [4.78, 5) is 83.4. The Morgan fingerprint density at radius 1 is 0.485 bits per heavy atom. The molecule has 33 heavy (non-hydrogen) atoms. The van der Waals surface area contributed by atoms with Gasteiger partial charge < -0.3 is 43.7 Å². The molecule has 0 atom stereocenters. The van der Waals surface area contributed by atoms with E-state index in [0.29, 0.717) is 0 Å². The fraction of sp³-hybridized carbons (Fsp3) is 1.00. The third-order valence-electron chi connectivity index (χ3n) is 4.46. The molecule has 1 heterocycles. The fourth-order valence-corrected chi connectivity index (χ4v) is 6.36. The van der Waals surface area contributed by atoms with Crippen LogP contribution in [0.3, 0.4) is 0 Å². The summed E-state index contributed by atoms with van der Waals surface area (Å²) >= 11 is 0. The summed E-state index contributed by atoms with van der Waals surface area (Å²) in [5, 5.41) is 0. The first-order valence-electron chi connectivity index (χ1n) is 9.36. The molecule has 1 radical (unpaired) electrons. The minimum Gasteiger partial charge on any atom is -0.810 e. The predicted octanol–water partition coefficient (Wildman–Crippen LogP) is -3.52. The van der Waals surface area contributed by atoms with E-state index in [4.69, 9.17) is 0 Å². The molecular weight excluding hydrogens is 681 g/mol. The van der Waals surface area contributed by atoms with Gasteiger partial charge in [0, 0.05) is 96.4 Å². The van der Waals surface area contributed by atoms with Gasteiger partial charge in [-0.15, -0.1) is 0 Å². The summed E-state index contributed by atoms with van der Waals surface area (Å²) in [7, 11) is -18.5. The Kier molecular flexibility index (Phi) is 15.3. The van der Waals surface area contributed by atoms with Crippen LogP contribution in [0.1, 0.15) is 0 Å². The molecule has 0 amide bonds. The van der Waals surface area contributed by atoms with Crippen LogP contribution in [0.25, 0.3) is 0 Å². The average Bonchev–Trinajstić information content (AvgIpc) is 2.52. The quantitative estimate of drug-likeness (QED) is 0.106. The molecule has 0 aliphatic carbocycles. The van der Waals surface area contributed by atoms with Crippen molar-refractivity contribution in [2.24, 2.45) is 0 Å². The van der Waals surface area contributed by atoms with E-state index in [1.54, 1.807) is 0 Å². The molecule has 0 spiro atoms. The first-order valence-corrected chi connectivity index (χ1v) is 16.5. The van der Waals surface area contributed by atoms with Crippen molar-refractivity contribution in [2.45, 2.75) is 0 Å². The van der Waals surface area contributed by atoms with E-state index in [-0.39, 0.29) is 90.1 Å².